The van der Waals surface area contributed by atoms with Gasteiger partial charge in [-0.15, -0.1) is 0 Å². The molecule has 0 aromatic heterocycles. The molecule has 0 aliphatic rings. The van der Waals surface area contributed by atoms with Gasteiger partial charge in [-0.05, 0) is 24.1 Å². The van der Waals surface area contributed by atoms with Gasteiger partial charge in [-0.2, -0.15) is 5.26 Å². The van der Waals surface area contributed by atoms with Crippen LogP contribution in [0.3, 0.4) is 0 Å². The van der Waals surface area contributed by atoms with Gasteiger partial charge in [-0.1, -0.05) is 44.7 Å². The van der Waals surface area contributed by atoms with Crippen LogP contribution in [0, 0.1) is 11.3 Å². The molecule has 0 aliphatic heterocycles. The summed E-state index contributed by atoms with van der Waals surface area (Å²) in [6, 6.07) is 9.32. The number of benzene rings is 1. The Hall–Kier alpha value is -1.82. The highest BCUT2D eigenvalue weighted by molar-refractivity contribution is 5.88. The highest BCUT2D eigenvalue weighted by Crippen LogP contribution is 2.23. The van der Waals surface area contributed by atoms with Crippen molar-refractivity contribution in [2.24, 2.45) is 0 Å². The van der Waals surface area contributed by atoms with Gasteiger partial charge >= 0.3 is 0 Å². The van der Waals surface area contributed by atoms with Crippen molar-refractivity contribution in [3.05, 3.63) is 29.8 Å². The number of rotatable bonds is 9. The van der Waals surface area contributed by atoms with Gasteiger partial charge in [0.25, 0.3) is 0 Å². The highest BCUT2D eigenvalue weighted by Gasteiger charge is 2.19. The van der Waals surface area contributed by atoms with Gasteiger partial charge in [0.15, 0.2) is 5.78 Å². The Balaban J connectivity index is 2.56. The molecule has 0 aliphatic carbocycles. The first-order valence-electron chi connectivity index (χ1n) is 7.29. The monoisotopic (exact) mass is 273 g/mol. The summed E-state index contributed by atoms with van der Waals surface area (Å²) >= 11 is 0. The molecule has 1 rings (SSSR count). The molecule has 20 heavy (non-hydrogen) atoms. The van der Waals surface area contributed by atoms with Crippen molar-refractivity contribution in [1.29, 1.82) is 5.26 Å². The predicted molar refractivity (Wildman–Crippen MR) is 79.7 cm³/mol. The standard InChI is InChI=1S/C17H23NO2/c1-3-4-5-6-7-11-17(19)16(13-18)14-9-8-10-15(12-14)20-2/h8-10,12,16H,3-7,11H2,1-2H3. The molecule has 0 bridgehead atoms. The van der Waals surface area contributed by atoms with E-state index >= 15 is 0 Å². The SMILES string of the molecule is CCCCCCCC(=O)C(C#N)c1cccc(OC)c1. The smallest absolute Gasteiger partial charge is 0.154 e. The molecule has 108 valence electrons. The van der Waals surface area contributed by atoms with Crippen LogP contribution < -0.4 is 4.74 Å². The lowest BCUT2D eigenvalue weighted by Crippen LogP contribution is -2.10. The summed E-state index contributed by atoms with van der Waals surface area (Å²) in [7, 11) is 1.58. The number of Topliss-reactive ketones (excluding diaryl/α,β-unsaturated/α-hetero) is 1. The van der Waals surface area contributed by atoms with Gasteiger partial charge in [0.2, 0.25) is 0 Å². The van der Waals surface area contributed by atoms with Crippen LogP contribution in [0.2, 0.25) is 0 Å². The second-order valence-electron chi connectivity index (χ2n) is 4.97. The fourth-order valence-electron chi connectivity index (χ4n) is 2.20. The number of methoxy groups -OCH3 is 1. The molecule has 0 radical (unpaired) electrons. The normalized spacial score (nSPS) is 11.7. The largest absolute Gasteiger partial charge is 0.497 e. The first-order chi connectivity index (χ1) is 9.72. The van der Waals surface area contributed by atoms with Gasteiger partial charge in [-0.3, -0.25) is 4.79 Å². The molecule has 1 atom stereocenters. The van der Waals surface area contributed by atoms with Crippen molar-refractivity contribution < 1.29 is 9.53 Å². The van der Waals surface area contributed by atoms with Gasteiger partial charge < -0.3 is 4.74 Å². The van der Waals surface area contributed by atoms with Crippen LogP contribution in [0.15, 0.2) is 24.3 Å². The number of carbonyl (C=O) groups excluding carboxylic acids is 1. The lowest BCUT2D eigenvalue weighted by atomic mass is 9.92. The molecular weight excluding hydrogens is 250 g/mol. The molecule has 3 heteroatoms. The van der Waals surface area contributed by atoms with E-state index < -0.39 is 5.92 Å². The molecular formula is C17H23NO2. The molecule has 0 N–H and O–H groups in total. The van der Waals surface area contributed by atoms with E-state index in [9.17, 15) is 10.1 Å². The van der Waals surface area contributed by atoms with Crippen molar-refractivity contribution in [2.75, 3.05) is 7.11 Å². The van der Waals surface area contributed by atoms with Crippen molar-refractivity contribution in [3.63, 3.8) is 0 Å². The van der Waals surface area contributed by atoms with Crippen LogP contribution in [-0.4, -0.2) is 12.9 Å². The van der Waals surface area contributed by atoms with Crippen molar-refractivity contribution in [1.82, 2.24) is 0 Å². The molecule has 0 spiro atoms. The Morgan fingerprint density at radius 2 is 2.05 bits per heavy atom. The van der Waals surface area contributed by atoms with E-state index in [1.807, 2.05) is 18.2 Å². The van der Waals surface area contributed by atoms with Gasteiger partial charge in [0.05, 0.1) is 13.2 Å². The number of nitrogens with zero attached hydrogens (tertiary/aromatic N) is 1. The Labute approximate surface area is 121 Å². The maximum atomic E-state index is 12.1. The van der Waals surface area contributed by atoms with E-state index in [4.69, 9.17) is 4.74 Å². The summed E-state index contributed by atoms with van der Waals surface area (Å²) in [6.07, 6.45) is 6.00. The van der Waals surface area contributed by atoms with Crippen LogP contribution in [0.5, 0.6) is 5.75 Å². The minimum absolute atomic E-state index is 0.0113. The number of nitriles is 1. The number of hydrogen-bond acceptors (Lipinski definition) is 3. The number of ether oxygens (including phenoxy) is 1. The van der Waals surface area contributed by atoms with Gasteiger partial charge in [-0.25, -0.2) is 0 Å². The van der Waals surface area contributed by atoms with Crippen molar-refractivity contribution >= 4 is 5.78 Å². The Kier molecular flexibility index (Phi) is 7.42. The average Bonchev–Trinajstić information content (AvgIpc) is 2.48. The lowest BCUT2D eigenvalue weighted by Gasteiger charge is -2.10. The van der Waals surface area contributed by atoms with E-state index in [-0.39, 0.29) is 5.78 Å². The second-order valence-corrected chi connectivity index (χ2v) is 4.97. The zero-order valence-corrected chi connectivity index (χ0v) is 12.4. The first-order valence-corrected chi connectivity index (χ1v) is 7.29. The average molecular weight is 273 g/mol. The molecule has 0 amide bonds. The molecule has 0 heterocycles. The Bertz CT molecular complexity index is 462. The van der Waals surface area contributed by atoms with Crippen LogP contribution in [0.1, 0.15) is 56.9 Å². The summed E-state index contributed by atoms with van der Waals surface area (Å²) in [6.45, 7) is 2.17. The third-order valence-corrected chi connectivity index (χ3v) is 3.40. The minimum Gasteiger partial charge on any atom is -0.497 e. The third kappa shape index (κ3) is 5.05. The molecule has 1 unspecified atom stereocenters. The van der Waals surface area contributed by atoms with E-state index in [1.54, 1.807) is 13.2 Å². The maximum absolute atomic E-state index is 12.1. The number of ketones is 1. The van der Waals surface area contributed by atoms with E-state index in [2.05, 4.69) is 13.0 Å². The van der Waals surface area contributed by atoms with Crippen LogP contribution >= 0.6 is 0 Å². The Morgan fingerprint density at radius 1 is 1.30 bits per heavy atom. The molecule has 0 fully saturated rings. The first kappa shape index (κ1) is 16.2. The summed E-state index contributed by atoms with van der Waals surface area (Å²) in [5.74, 6) is 0.0204. The van der Waals surface area contributed by atoms with E-state index in [1.165, 1.54) is 19.3 Å². The zero-order chi connectivity index (χ0) is 14.8. The summed E-state index contributed by atoms with van der Waals surface area (Å²) in [4.78, 5) is 12.1. The lowest BCUT2D eigenvalue weighted by molar-refractivity contribution is -0.119. The Morgan fingerprint density at radius 3 is 2.70 bits per heavy atom. The summed E-state index contributed by atoms with van der Waals surface area (Å²) in [5, 5.41) is 9.24. The maximum Gasteiger partial charge on any atom is 0.154 e. The van der Waals surface area contributed by atoms with Gasteiger partial charge in [0, 0.05) is 6.42 Å². The van der Waals surface area contributed by atoms with Crippen LogP contribution in [-0.2, 0) is 4.79 Å². The number of unbranched alkanes of at least 4 members (excludes halogenated alkanes) is 4. The van der Waals surface area contributed by atoms with Crippen LogP contribution in [0.25, 0.3) is 0 Å². The number of carbonyl (C=O) groups is 1. The third-order valence-electron chi connectivity index (χ3n) is 3.40. The predicted octanol–water partition coefficient (Wildman–Crippen LogP) is 4.23. The summed E-state index contributed by atoms with van der Waals surface area (Å²) in [5.41, 5.74) is 0.727. The second kappa shape index (κ2) is 9.14. The van der Waals surface area contributed by atoms with Crippen molar-refractivity contribution in [3.8, 4) is 11.8 Å². The minimum atomic E-state index is -0.670. The zero-order valence-electron chi connectivity index (χ0n) is 12.4. The van der Waals surface area contributed by atoms with Crippen LogP contribution in [0.4, 0.5) is 0 Å². The van der Waals surface area contributed by atoms with E-state index in [0.29, 0.717) is 12.2 Å². The topological polar surface area (TPSA) is 50.1 Å². The fraction of sp³-hybridized carbons (Fsp3) is 0.529. The van der Waals surface area contributed by atoms with E-state index in [0.717, 1.165) is 18.4 Å². The highest BCUT2D eigenvalue weighted by atomic mass is 16.5. The van der Waals surface area contributed by atoms with Gasteiger partial charge in [0.1, 0.15) is 11.7 Å². The molecule has 3 nitrogen and oxygen atoms in total. The molecule has 0 saturated heterocycles. The fourth-order valence-corrected chi connectivity index (χ4v) is 2.20. The molecule has 1 aromatic carbocycles. The summed E-state index contributed by atoms with van der Waals surface area (Å²) < 4.78 is 5.13. The number of hydrogen-bond donors (Lipinski definition) is 0. The quantitative estimate of drug-likeness (QED) is 0.632. The molecule has 1 aromatic rings. The molecule has 0 saturated carbocycles. The van der Waals surface area contributed by atoms with Crippen molar-refractivity contribution in [2.45, 2.75) is 51.4 Å².